The van der Waals surface area contributed by atoms with Crippen molar-refractivity contribution in [2.24, 2.45) is 0 Å². The largest absolute Gasteiger partial charge is 0.497 e. The van der Waals surface area contributed by atoms with E-state index in [1.165, 1.54) is 17.8 Å². The number of carbonyl (C=O) groups excluding carboxylic acids is 1. The quantitative estimate of drug-likeness (QED) is 0.353. The number of carbonyl (C=O) groups is 1. The third kappa shape index (κ3) is 4.82. The maximum atomic E-state index is 14.8. The van der Waals surface area contributed by atoms with E-state index in [-0.39, 0.29) is 11.7 Å². The van der Waals surface area contributed by atoms with E-state index in [0.717, 1.165) is 24.0 Å². The zero-order valence-electron chi connectivity index (χ0n) is 18.6. The van der Waals surface area contributed by atoms with Crippen LogP contribution in [0.2, 0.25) is 0 Å². The third-order valence-electron chi connectivity index (χ3n) is 5.55. The summed E-state index contributed by atoms with van der Waals surface area (Å²) < 4.78 is 21.9. The average Bonchev–Trinajstić information content (AvgIpc) is 3.59. The van der Waals surface area contributed by atoms with Crippen LogP contribution in [0.1, 0.15) is 28.8 Å². The second-order valence-corrected chi connectivity index (χ2v) is 9.00. The van der Waals surface area contributed by atoms with Crippen molar-refractivity contribution in [3.8, 4) is 22.8 Å². The lowest BCUT2D eigenvalue weighted by atomic mass is 10.1. The van der Waals surface area contributed by atoms with Gasteiger partial charge in [-0.1, -0.05) is 48.2 Å². The number of nitrogens with one attached hydrogen (secondary N) is 1. The summed E-state index contributed by atoms with van der Waals surface area (Å²) in [6, 6.07) is 21.9. The molecule has 0 saturated heterocycles. The fraction of sp³-hybridized carbons (Fsp3) is 0.192. The molecule has 3 aromatic carbocycles. The normalized spacial score (nSPS) is 13.0. The summed E-state index contributed by atoms with van der Waals surface area (Å²) in [5.74, 6) is 1.40. The minimum atomic E-state index is -0.362. The molecule has 0 radical (unpaired) electrons. The molecule has 1 fully saturated rings. The predicted octanol–water partition coefficient (Wildman–Crippen LogP) is 5.27. The van der Waals surface area contributed by atoms with Crippen LogP contribution in [-0.2, 0) is 5.75 Å². The summed E-state index contributed by atoms with van der Waals surface area (Å²) >= 11 is 1.45. The van der Waals surface area contributed by atoms with Crippen LogP contribution in [0.5, 0.6) is 5.75 Å². The lowest BCUT2D eigenvalue weighted by Crippen LogP contribution is -2.25. The SMILES string of the molecule is COc1cccc(-c2nnc(SCc3ccc(C(=O)NC4CC4)cc3)n2-c2ccccc2F)c1. The van der Waals surface area contributed by atoms with Gasteiger partial charge >= 0.3 is 0 Å². The van der Waals surface area contributed by atoms with E-state index >= 15 is 0 Å². The minimum absolute atomic E-state index is 0.0380. The molecule has 0 aliphatic heterocycles. The maximum Gasteiger partial charge on any atom is 0.251 e. The summed E-state index contributed by atoms with van der Waals surface area (Å²) in [6.45, 7) is 0. The Morgan fingerprint density at radius 2 is 1.88 bits per heavy atom. The number of aromatic nitrogens is 3. The third-order valence-corrected chi connectivity index (χ3v) is 6.55. The number of para-hydroxylation sites is 1. The van der Waals surface area contributed by atoms with Gasteiger partial charge in [-0.05, 0) is 54.8 Å². The molecular weight excluding hydrogens is 451 g/mol. The lowest BCUT2D eigenvalue weighted by molar-refractivity contribution is 0.0951. The van der Waals surface area contributed by atoms with Gasteiger partial charge in [-0.15, -0.1) is 10.2 Å². The Kier molecular flexibility index (Phi) is 6.31. The molecule has 0 spiro atoms. The first-order valence-electron chi connectivity index (χ1n) is 11.0. The Labute approximate surface area is 201 Å². The Morgan fingerprint density at radius 1 is 1.09 bits per heavy atom. The molecule has 1 saturated carbocycles. The lowest BCUT2D eigenvalue weighted by Gasteiger charge is -2.12. The monoisotopic (exact) mass is 474 g/mol. The molecule has 1 amide bonds. The number of ether oxygens (including phenoxy) is 1. The van der Waals surface area contributed by atoms with Crippen LogP contribution in [-0.4, -0.2) is 33.8 Å². The van der Waals surface area contributed by atoms with Crippen LogP contribution in [0.25, 0.3) is 17.1 Å². The molecule has 6 nitrogen and oxygen atoms in total. The minimum Gasteiger partial charge on any atom is -0.497 e. The molecule has 1 N–H and O–H groups in total. The van der Waals surface area contributed by atoms with Gasteiger partial charge in [0.2, 0.25) is 0 Å². The van der Waals surface area contributed by atoms with Gasteiger partial charge in [0.1, 0.15) is 11.6 Å². The Balaban J connectivity index is 1.42. The molecule has 8 heteroatoms. The van der Waals surface area contributed by atoms with Gasteiger partial charge in [-0.25, -0.2) is 4.39 Å². The molecule has 0 atom stereocenters. The first-order chi connectivity index (χ1) is 16.6. The second-order valence-electron chi connectivity index (χ2n) is 8.06. The zero-order valence-corrected chi connectivity index (χ0v) is 19.4. The van der Waals surface area contributed by atoms with E-state index in [0.29, 0.717) is 39.8 Å². The molecule has 1 aliphatic rings. The highest BCUT2D eigenvalue weighted by Crippen LogP contribution is 2.32. The summed E-state index contributed by atoms with van der Waals surface area (Å²) in [4.78, 5) is 12.2. The van der Waals surface area contributed by atoms with Crippen LogP contribution < -0.4 is 10.1 Å². The molecule has 0 unspecified atom stereocenters. The number of hydrogen-bond donors (Lipinski definition) is 1. The number of hydrogen-bond acceptors (Lipinski definition) is 5. The molecule has 1 heterocycles. The maximum absolute atomic E-state index is 14.8. The first-order valence-corrected chi connectivity index (χ1v) is 12.0. The molecule has 0 bridgehead atoms. The van der Waals surface area contributed by atoms with Gasteiger partial charge in [0, 0.05) is 22.9 Å². The van der Waals surface area contributed by atoms with Crippen LogP contribution >= 0.6 is 11.8 Å². The zero-order chi connectivity index (χ0) is 23.5. The number of halogens is 1. The molecule has 1 aliphatic carbocycles. The van der Waals surface area contributed by atoms with Gasteiger partial charge in [0.15, 0.2) is 11.0 Å². The first kappa shape index (κ1) is 22.2. The standard InChI is InChI=1S/C26H23FN4O2S/c1-33-21-6-4-5-19(15-21)24-29-30-26(31(24)23-8-3-2-7-22(23)27)34-16-17-9-11-18(12-10-17)25(32)28-20-13-14-20/h2-12,15,20H,13-14,16H2,1H3,(H,28,32). The van der Waals surface area contributed by atoms with Crippen molar-refractivity contribution in [3.63, 3.8) is 0 Å². The van der Waals surface area contributed by atoms with E-state index in [1.54, 1.807) is 29.9 Å². The fourth-order valence-corrected chi connectivity index (χ4v) is 4.46. The van der Waals surface area contributed by atoms with Gasteiger partial charge in [-0.3, -0.25) is 9.36 Å². The topological polar surface area (TPSA) is 69.0 Å². The molecule has 5 rings (SSSR count). The molecule has 34 heavy (non-hydrogen) atoms. The summed E-state index contributed by atoms with van der Waals surface area (Å²) in [5.41, 5.74) is 2.82. The molecule has 172 valence electrons. The smallest absolute Gasteiger partial charge is 0.251 e. The fourth-order valence-electron chi connectivity index (χ4n) is 3.56. The van der Waals surface area contributed by atoms with Crippen LogP contribution in [0.15, 0.2) is 78.0 Å². The number of thioether (sulfide) groups is 1. The number of rotatable bonds is 8. The summed E-state index contributed by atoms with van der Waals surface area (Å²) in [5, 5.41) is 12.3. The van der Waals surface area contributed by atoms with E-state index in [2.05, 4.69) is 15.5 Å². The van der Waals surface area contributed by atoms with Crippen molar-refractivity contribution in [3.05, 3.63) is 89.7 Å². The Hall–Kier alpha value is -3.65. The number of amides is 1. The molecular formula is C26H23FN4O2S. The van der Waals surface area contributed by atoms with Gasteiger partial charge in [-0.2, -0.15) is 0 Å². The Morgan fingerprint density at radius 3 is 2.62 bits per heavy atom. The van der Waals surface area contributed by atoms with E-state index in [9.17, 15) is 9.18 Å². The van der Waals surface area contributed by atoms with Gasteiger partial charge < -0.3 is 10.1 Å². The second kappa shape index (κ2) is 9.69. The van der Waals surface area contributed by atoms with Crippen molar-refractivity contribution in [1.82, 2.24) is 20.1 Å². The predicted molar refractivity (Wildman–Crippen MR) is 130 cm³/mol. The Bertz CT molecular complexity index is 1320. The summed E-state index contributed by atoms with van der Waals surface area (Å²) in [7, 11) is 1.60. The van der Waals surface area contributed by atoms with Crippen molar-refractivity contribution >= 4 is 17.7 Å². The van der Waals surface area contributed by atoms with Crippen molar-refractivity contribution in [2.45, 2.75) is 29.8 Å². The van der Waals surface area contributed by atoms with Crippen LogP contribution in [0.3, 0.4) is 0 Å². The van der Waals surface area contributed by atoms with Crippen molar-refractivity contribution < 1.29 is 13.9 Å². The van der Waals surface area contributed by atoms with Gasteiger partial charge in [0.25, 0.3) is 5.91 Å². The van der Waals surface area contributed by atoms with Gasteiger partial charge in [0.05, 0.1) is 12.8 Å². The highest BCUT2D eigenvalue weighted by atomic mass is 32.2. The highest BCUT2D eigenvalue weighted by Gasteiger charge is 2.24. The summed E-state index contributed by atoms with van der Waals surface area (Å²) in [6.07, 6.45) is 2.11. The molecule has 4 aromatic rings. The highest BCUT2D eigenvalue weighted by molar-refractivity contribution is 7.98. The van der Waals surface area contributed by atoms with Crippen LogP contribution in [0, 0.1) is 5.82 Å². The van der Waals surface area contributed by atoms with Crippen molar-refractivity contribution in [2.75, 3.05) is 7.11 Å². The number of benzene rings is 3. The average molecular weight is 475 g/mol. The van der Waals surface area contributed by atoms with Crippen LogP contribution in [0.4, 0.5) is 4.39 Å². The number of methoxy groups -OCH3 is 1. The van der Waals surface area contributed by atoms with E-state index < -0.39 is 0 Å². The van der Waals surface area contributed by atoms with E-state index in [4.69, 9.17) is 4.74 Å². The van der Waals surface area contributed by atoms with Crippen molar-refractivity contribution in [1.29, 1.82) is 0 Å². The number of nitrogens with zero attached hydrogens (tertiary/aromatic N) is 3. The van der Waals surface area contributed by atoms with E-state index in [1.807, 2.05) is 48.5 Å². The molecule has 1 aromatic heterocycles.